The smallest absolute Gasteiger partial charge is 0.125 e. The number of halogens is 1. The third-order valence-corrected chi connectivity index (χ3v) is 2.93. The van der Waals surface area contributed by atoms with E-state index in [4.69, 9.17) is 4.74 Å². The summed E-state index contributed by atoms with van der Waals surface area (Å²) in [6, 6.07) is 4.31. The van der Waals surface area contributed by atoms with Crippen LogP contribution in [0.5, 0.6) is 5.75 Å². The number of hydrogen-bond donors (Lipinski definition) is 1. The summed E-state index contributed by atoms with van der Waals surface area (Å²) in [6.45, 7) is 1.82. The van der Waals surface area contributed by atoms with Crippen molar-refractivity contribution in [2.75, 3.05) is 20.2 Å². The minimum Gasteiger partial charge on any atom is -0.493 e. The molecule has 1 aromatic carbocycles. The second-order valence-corrected chi connectivity index (χ2v) is 4.42. The monoisotopic (exact) mass is 255 g/mol. The van der Waals surface area contributed by atoms with Crippen molar-refractivity contribution in [3.63, 3.8) is 0 Å². The van der Waals surface area contributed by atoms with Crippen LogP contribution in [-0.4, -0.2) is 20.2 Å². The molecular formula is C11H14BrNO. The van der Waals surface area contributed by atoms with E-state index < -0.39 is 0 Å². The summed E-state index contributed by atoms with van der Waals surface area (Å²) in [5.74, 6) is 1.11. The van der Waals surface area contributed by atoms with Crippen LogP contribution in [0.15, 0.2) is 16.6 Å². The highest BCUT2D eigenvalue weighted by Crippen LogP contribution is 2.32. The number of fused-ring (bicyclic) bond motifs is 1. The van der Waals surface area contributed by atoms with Gasteiger partial charge in [0, 0.05) is 10.9 Å². The summed E-state index contributed by atoms with van der Waals surface area (Å²) >= 11 is 3.53. The Bertz CT molecular complexity index is 338. The molecule has 2 rings (SSSR count). The maximum Gasteiger partial charge on any atom is 0.125 e. The van der Waals surface area contributed by atoms with E-state index in [1.165, 1.54) is 11.1 Å². The van der Waals surface area contributed by atoms with Gasteiger partial charge >= 0.3 is 0 Å². The van der Waals surface area contributed by atoms with E-state index in [0.29, 0.717) is 0 Å². The van der Waals surface area contributed by atoms with E-state index in [2.05, 4.69) is 33.4 Å². The molecule has 0 atom stereocenters. The van der Waals surface area contributed by atoms with Crippen molar-refractivity contribution in [3.8, 4) is 5.75 Å². The van der Waals surface area contributed by atoms with Crippen LogP contribution < -0.4 is 10.1 Å². The summed E-state index contributed by atoms with van der Waals surface area (Å²) in [4.78, 5) is 0. The lowest BCUT2D eigenvalue weighted by Crippen LogP contribution is -2.10. The summed E-state index contributed by atoms with van der Waals surface area (Å²) < 4.78 is 6.79. The van der Waals surface area contributed by atoms with Crippen molar-refractivity contribution in [3.05, 3.63) is 27.7 Å². The van der Waals surface area contributed by atoms with Gasteiger partial charge in [0.2, 0.25) is 0 Å². The first-order chi connectivity index (χ1) is 6.81. The largest absolute Gasteiger partial charge is 0.493 e. The molecule has 1 N–H and O–H groups in total. The van der Waals surface area contributed by atoms with Crippen LogP contribution >= 0.6 is 15.9 Å². The summed E-state index contributed by atoms with van der Waals surface area (Å²) in [7, 11) is 1.97. The zero-order valence-corrected chi connectivity index (χ0v) is 9.86. The van der Waals surface area contributed by atoms with Gasteiger partial charge in [0.05, 0.1) is 6.61 Å². The van der Waals surface area contributed by atoms with Gasteiger partial charge in [-0.3, -0.25) is 0 Å². The number of rotatable bonds is 3. The van der Waals surface area contributed by atoms with Crippen molar-refractivity contribution in [1.82, 2.24) is 5.32 Å². The maximum absolute atomic E-state index is 5.63. The fourth-order valence-corrected chi connectivity index (χ4v) is 2.34. The second-order valence-electron chi connectivity index (χ2n) is 3.51. The third kappa shape index (κ3) is 1.93. The first kappa shape index (κ1) is 9.99. The molecule has 0 spiro atoms. The molecule has 0 aliphatic carbocycles. The predicted octanol–water partition coefficient (Wildman–Crippen LogP) is 2.15. The molecule has 1 heterocycles. The average molecular weight is 256 g/mol. The Morgan fingerprint density at radius 3 is 3.14 bits per heavy atom. The number of ether oxygens (including phenoxy) is 1. The number of benzene rings is 1. The summed E-state index contributed by atoms with van der Waals surface area (Å²) in [5, 5.41) is 3.16. The van der Waals surface area contributed by atoms with Gasteiger partial charge < -0.3 is 10.1 Å². The molecule has 0 saturated heterocycles. The molecule has 0 unspecified atom stereocenters. The lowest BCUT2D eigenvalue weighted by molar-refractivity contribution is 0.353. The Morgan fingerprint density at radius 1 is 1.50 bits per heavy atom. The Balaban J connectivity index is 2.29. The first-order valence-corrected chi connectivity index (χ1v) is 5.69. The summed E-state index contributed by atoms with van der Waals surface area (Å²) in [5.41, 5.74) is 2.65. The second kappa shape index (κ2) is 4.32. The van der Waals surface area contributed by atoms with Gasteiger partial charge in [-0.05, 0) is 43.3 Å². The zero-order valence-electron chi connectivity index (χ0n) is 8.27. The van der Waals surface area contributed by atoms with Gasteiger partial charge in [-0.15, -0.1) is 0 Å². The molecule has 0 bridgehead atoms. The molecule has 0 amide bonds. The SMILES string of the molecule is CNCCc1cc(Br)cc2c1OCC2. The lowest BCUT2D eigenvalue weighted by atomic mass is 10.1. The Morgan fingerprint density at radius 2 is 2.36 bits per heavy atom. The molecule has 3 heteroatoms. The normalized spacial score (nSPS) is 13.9. The molecule has 0 aromatic heterocycles. The fourth-order valence-electron chi connectivity index (χ4n) is 1.79. The number of likely N-dealkylation sites (N-methyl/N-ethyl adjacent to an activating group) is 1. The van der Waals surface area contributed by atoms with Gasteiger partial charge in [0.25, 0.3) is 0 Å². The average Bonchev–Trinajstić information content (AvgIpc) is 2.61. The molecular weight excluding hydrogens is 242 g/mol. The van der Waals surface area contributed by atoms with Crippen LogP contribution in [0.25, 0.3) is 0 Å². The van der Waals surface area contributed by atoms with Crippen LogP contribution in [0.2, 0.25) is 0 Å². The third-order valence-electron chi connectivity index (χ3n) is 2.47. The van der Waals surface area contributed by atoms with E-state index in [0.717, 1.165) is 36.2 Å². The first-order valence-electron chi connectivity index (χ1n) is 4.90. The molecule has 1 aliphatic rings. The highest BCUT2D eigenvalue weighted by molar-refractivity contribution is 9.10. The van der Waals surface area contributed by atoms with Crippen molar-refractivity contribution in [1.29, 1.82) is 0 Å². The van der Waals surface area contributed by atoms with Crippen molar-refractivity contribution < 1.29 is 4.74 Å². The Kier molecular flexibility index (Phi) is 3.08. The highest BCUT2D eigenvalue weighted by Gasteiger charge is 2.16. The molecule has 0 saturated carbocycles. The quantitative estimate of drug-likeness (QED) is 0.894. The van der Waals surface area contributed by atoms with Crippen molar-refractivity contribution in [2.24, 2.45) is 0 Å². The van der Waals surface area contributed by atoms with Crippen molar-refractivity contribution in [2.45, 2.75) is 12.8 Å². The van der Waals surface area contributed by atoms with Crippen LogP contribution in [0, 0.1) is 0 Å². The van der Waals surface area contributed by atoms with E-state index in [1.807, 2.05) is 7.05 Å². The van der Waals surface area contributed by atoms with E-state index in [9.17, 15) is 0 Å². The standard InChI is InChI=1S/C11H14BrNO/c1-13-4-2-8-6-10(12)7-9-3-5-14-11(8)9/h6-7,13H,2-5H2,1H3. The van der Waals surface area contributed by atoms with Gasteiger partial charge in [-0.2, -0.15) is 0 Å². The van der Waals surface area contributed by atoms with E-state index in [1.54, 1.807) is 0 Å². The number of nitrogens with one attached hydrogen (secondary N) is 1. The van der Waals surface area contributed by atoms with Crippen LogP contribution in [-0.2, 0) is 12.8 Å². The van der Waals surface area contributed by atoms with Gasteiger partial charge in [0.1, 0.15) is 5.75 Å². The Labute approximate surface area is 92.8 Å². The number of hydrogen-bond acceptors (Lipinski definition) is 2. The topological polar surface area (TPSA) is 21.3 Å². The maximum atomic E-state index is 5.63. The summed E-state index contributed by atoms with van der Waals surface area (Å²) in [6.07, 6.45) is 2.07. The van der Waals surface area contributed by atoms with Gasteiger partial charge in [-0.1, -0.05) is 15.9 Å². The van der Waals surface area contributed by atoms with Gasteiger partial charge in [-0.25, -0.2) is 0 Å². The minimum absolute atomic E-state index is 0.832. The molecule has 1 aliphatic heterocycles. The predicted molar refractivity (Wildman–Crippen MR) is 61.0 cm³/mol. The molecule has 0 radical (unpaired) electrons. The van der Waals surface area contributed by atoms with Crippen LogP contribution in [0.4, 0.5) is 0 Å². The van der Waals surface area contributed by atoms with Crippen molar-refractivity contribution >= 4 is 15.9 Å². The molecule has 76 valence electrons. The van der Waals surface area contributed by atoms with E-state index in [-0.39, 0.29) is 0 Å². The Hall–Kier alpha value is -0.540. The molecule has 14 heavy (non-hydrogen) atoms. The van der Waals surface area contributed by atoms with Crippen LogP contribution in [0.1, 0.15) is 11.1 Å². The lowest BCUT2D eigenvalue weighted by Gasteiger charge is -2.08. The van der Waals surface area contributed by atoms with E-state index >= 15 is 0 Å². The molecule has 2 nitrogen and oxygen atoms in total. The van der Waals surface area contributed by atoms with Gasteiger partial charge in [0.15, 0.2) is 0 Å². The highest BCUT2D eigenvalue weighted by atomic mass is 79.9. The zero-order chi connectivity index (χ0) is 9.97. The molecule has 1 aromatic rings. The minimum atomic E-state index is 0.832. The van der Waals surface area contributed by atoms with Crippen LogP contribution in [0.3, 0.4) is 0 Å². The molecule has 0 fully saturated rings. The fraction of sp³-hybridized carbons (Fsp3) is 0.455.